The van der Waals surface area contributed by atoms with E-state index in [0.717, 1.165) is 0 Å². The number of hydrogen-bond acceptors (Lipinski definition) is 6. The van der Waals surface area contributed by atoms with Gasteiger partial charge in [0.2, 0.25) is 0 Å². The zero-order valence-corrected chi connectivity index (χ0v) is 9.30. The number of carbonyl (C=O) groups is 2. The highest BCUT2D eigenvalue weighted by Crippen LogP contribution is 2.00. The number of nitrogens with two attached hydrogens (primary N) is 1. The van der Waals surface area contributed by atoms with Crippen LogP contribution < -0.4 is 5.73 Å². The fourth-order valence-electron chi connectivity index (χ4n) is 0.928. The fraction of sp³-hybridized carbons (Fsp3) is 0.300. The molecule has 17 heavy (non-hydrogen) atoms. The molecule has 1 rings (SSSR count). The number of nitrogens with one attached hydrogen (secondary N) is 1. The normalized spacial score (nSPS) is 11.6. The van der Waals surface area contributed by atoms with E-state index in [9.17, 15) is 9.59 Å². The molecule has 0 aliphatic heterocycles. The maximum absolute atomic E-state index is 11.3. The van der Waals surface area contributed by atoms with Crippen molar-refractivity contribution in [3.05, 3.63) is 30.4 Å². The van der Waals surface area contributed by atoms with Gasteiger partial charge in [0.15, 0.2) is 0 Å². The van der Waals surface area contributed by atoms with Gasteiger partial charge in [0.1, 0.15) is 6.04 Å². The van der Waals surface area contributed by atoms with Crippen molar-refractivity contribution in [2.45, 2.75) is 19.4 Å². The highest BCUT2D eigenvalue weighted by Gasteiger charge is 2.19. The summed E-state index contributed by atoms with van der Waals surface area (Å²) in [6.45, 7) is 4.76. The van der Waals surface area contributed by atoms with Gasteiger partial charge in [0.25, 0.3) is 0 Å². The molecule has 0 saturated carbocycles. The molecule has 3 N–H and O–H groups in total. The Morgan fingerprint density at radius 2 is 2.29 bits per heavy atom. The van der Waals surface area contributed by atoms with Gasteiger partial charge in [-0.05, 0) is 6.92 Å². The van der Waals surface area contributed by atoms with Gasteiger partial charge in [-0.15, -0.1) is 0 Å². The zero-order chi connectivity index (χ0) is 12.8. The maximum atomic E-state index is 11.3. The van der Waals surface area contributed by atoms with Crippen molar-refractivity contribution >= 4 is 11.9 Å². The van der Waals surface area contributed by atoms with Crippen molar-refractivity contribution in [2.24, 2.45) is 5.73 Å². The van der Waals surface area contributed by atoms with Crippen LogP contribution in [0.1, 0.15) is 12.6 Å². The highest BCUT2D eigenvalue weighted by molar-refractivity contribution is 5.87. The molecule has 1 aromatic heterocycles. The Hall–Kier alpha value is -2.15. The van der Waals surface area contributed by atoms with Crippen molar-refractivity contribution in [1.82, 2.24) is 9.97 Å². The minimum absolute atomic E-state index is 0.125. The van der Waals surface area contributed by atoms with E-state index in [2.05, 4.69) is 26.3 Å². The number of nitrogens with zero attached hydrogens (tertiary/aromatic N) is 1. The third-order valence-electron chi connectivity index (χ3n) is 1.85. The van der Waals surface area contributed by atoms with Crippen LogP contribution in [0.5, 0.6) is 0 Å². The maximum Gasteiger partial charge on any atom is 0.381 e. The molecule has 0 aliphatic rings. The van der Waals surface area contributed by atoms with Gasteiger partial charge in [-0.3, -0.25) is 0 Å². The van der Waals surface area contributed by atoms with Gasteiger partial charge in [-0.25, -0.2) is 24.3 Å². The highest BCUT2D eigenvalue weighted by atomic mass is 17.2. The van der Waals surface area contributed by atoms with Gasteiger partial charge in [0.05, 0.1) is 6.33 Å². The van der Waals surface area contributed by atoms with Crippen LogP contribution in [0.4, 0.5) is 0 Å². The molecule has 0 amide bonds. The van der Waals surface area contributed by atoms with E-state index < -0.39 is 18.0 Å². The number of rotatable bonds is 4. The molecule has 1 unspecified atom stereocenters. The first kappa shape index (κ1) is 12.9. The van der Waals surface area contributed by atoms with Crippen molar-refractivity contribution in [3.63, 3.8) is 0 Å². The van der Waals surface area contributed by atoms with E-state index in [1.807, 2.05) is 0 Å². The summed E-state index contributed by atoms with van der Waals surface area (Å²) in [4.78, 5) is 37.3. The van der Waals surface area contributed by atoms with Gasteiger partial charge < -0.3 is 10.7 Å². The summed E-state index contributed by atoms with van der Waals surface area (Å²) in [6.07, 6.45) is 3.21. The predicted octanol–water partition coefficient (Wildman–Crippen LogP) is -0.143. The monoisotopic (exact) mass is 239 g/mol. The molecule has 0 spiro atoms. The quantitative estimate of drug-likeness (QED) is 0.430. The lowest BCUT2D eigenvalue weighted by atomic mass is 10.2. The molecular weight excluding hydrogens is 226 g/mol. The number of H-pyrrole nitrogens is 1. The Morgan fingerprint density at radius 3 is 2.82 bits per heavy atom. The van der Waals surface area contributed by atoms with Crippen LogP contribution in [0.15, 0.2) is 24.7 Å². The Balaban J connectivity index is 2.37. The summed E-state index contributed by atoms with van der Waals surface area (Å²) in [6, 6.07) is -0.937. The molecule has 1 aromatic rings. The molecular formula is C10H13N3O4. The van der Waals surface area contributed by atoms with Crippen LogP contribution in [0.25, 0.3) is 0 Å². The number of aromatic amines is 1. The second-order valence-corrected chi connectivity index (χ2v) is 3.44. The van der Waals surface area contributed by atoms with E-state index in [0.29, 0.717) is 5.69 Å². The first-order valence-corrected chi connectivity index (χ1v) is 4.81. The lowest BCUT2D eigenvalue weighted by Gasteiger charge is -2.08. The van der Waals surface area contributed by atoms with Gasteiger partial charge >= 0.3 is 11.9 Å². The summed E-state index contributed by atoms with van der Waals surface area (Å²) in [5.74, 6) is -1.65. The van der Waals surface area contributed by atoms with Crippen LogP contribution >= 0.6 is 0 Å². The average molecular weight is 239 g/mol. The van der Waals surface area contributed by atoms with Crippen LogP contribution in [0.3, 0.4) is 0 Å². The molecule has 0 aliphatic carbocycles. The molecule has 7 heteroatoms. The average Bonchev–Trinajstić information content (AvgIpc) is 2.77. The lowest BCUT2D eigenvalue weighted by Crippen LogP contribution is -2.35. The SMILES string of the molecule is C=C(C)C(=O)OOC(=O)C(N)Cc1cnc[nH]1. The molecule has 0 saturated heterocycles. The van der Waals surface area contributed by atoms with Crippen molar-refractivity contribution in [1.29, 1.82) is 0 Å². The first-order valence-electron chi connectivity index (χ1n) is 4.81. The number of aromatic nitrogens is 2. The third-order valence-corrected chi connectivity index (χ3v) is 1.85. The molecule has 1 heterocycles. The van der Waals surface area contributed by atoms with Crippen molar-refractivity contribution in [3.8, 4) is 0 Å². The van der Waals surface area contributed by atoms with Crippen LogP contribution in [-0.4, -0.2) is 27.9 Å². The first-order chi connectivity index (χ1) is 8.00. The predicted molar refractivity (Wildman–Crippen MR) is 57.3 cm³/mol. The topological polar surface area (TPSA) is 107 Å². The van der Waals surface area contributed by atoms with E-state index >= 15 is 0 Å². The summed E-state index contributed by atoms with van der Waals surface area (Å²) in [5.41, 5.74) is 6.34. The Bertz CT molecular complexity index is 413. The molecule has 0 radical (unpaired) electrons. The molecule has 92 valence electrons. The summed E-state index contributed by atoms with van der Waals surface area (Å²) >= 11 is 0. The van der Waals surface area contributed by atoms with E-state index in [1.54, 1.807) is 0 Å². The largest absolute Gasteiger partial charge is 0.381 e. The molecule has 7 nitrogen and oxygen atoms in total. The third kappa shape index (κ3) is 4.07. The number of carbonyl (C=O) groups excluding carboxylic acids is 2. The summed E-state index contributed by atoms with van der Waals surface area (Å²) in [7, 11) is 0. The number of imidazole rings is 1. The second-order valence-electron chi connectivity index (χ2n) is 3.44. The standard InChI is InChI=1S/C10H13N3O4/c1-6(2)9(14)16-17-10(15)8(11)3-7-4-12-5-13-7/h4-5,8H,1,3,11H2,2H3,(H,12,13). The minimum atomic E-state index is -0.937. The van der Waals surface area contributed by atoms with E-state index in [4.69, 9.17) is 5.73 Å². The minimum Gasteiger partial charge on any atom is -0.348 e. The Morgan fingerprint density at radius 1 is 1.59 bits per heavy atom. The van der Waals surface area contributed by atoms with Gasteiger partial charge in [0, 0.05) is 23.9 Å². The molecule has 0 bridgehead atoms. The van der Waals surface area contributed by atoms with Crippen molar-refractivity contribution < 1.29 is 19.4 Å². The fourth-order valence-corrected chi connectivity index (χ4v) is 0.928. The van der Waals surface area contributed by atoms with E-state index in [-0.39, 0.29) is 12.0 Å². The smallest absolute Gasteiger partial charge is 0.348 e. The Labute approximate surface area is 97.5 Å². The van der Waals surface area contributed by atoms with Crippen LogP contribution in [0.2, 0.25) is 0 Å². The van der Waals surface area contributed by atoms with E-state index in [1.165, 1.54) is 19.4 Å². The van der Waals surface area contributed by atoms with Crippen LogP contribution in [0, 0.1) is 0 Å². The van der Waals surface area contributed by atoms with Crippen molar-refractivity contribution in [2.75, 3.05) is 0 Å². The van der Waals surface area contributed by atoms with Gasteiger partial charge in [-0.2, -0.15) is 0 Å². The second kappa shape index (κ2) is 5.80. The molecule has 0 aromatic carbocycles. The summed E-state index contributed by atoms with van der Waals surface area (Å²) in [5, 5.41) is 0. The zero-order valence-electron chi connectivity index (χ0n) is 9.30. The molecule has 0 fully saturated rings. The molecule has 1 atom stereocenters. The lowest BCUT2D eigenvalue weighted by molar-refractivity contribution is -0.256. The van der Waals surface area contributed by atoms with Gasteiger partial charge in [-0.1, -0.05) is 6.58 Å². The van der Waals surface area contributed by atoms with Crippen LogP contribution in [-0.2, 0) is 25.8 Å². The summed E-state index contributed by atoms with van der Waals surface area (Å²) < 4.78 is 0. The number of hydrogen-bond donors (Lipinski definition) is 2. The Kier molecular flexibility index (Phi) is 4.41.